The van der Waals surface area contributed by atoms with Gasteiger partial charge in [-0.1, -0.05) is 6.42 Å². The molecule has 0 aromatic carbocycles. The molecule has 0 bridgehead atoms. The van der Waals surface area contributed by atoms with Crippen LogP contribution in [0.4, 0.5) is 0 Å². The fourth-order valence-electron chi connectivity index (χ4n) is 3.17. The fraction of sp³-hybridized carbons (Fsp3) is 0.750. The summed E-state index contributed by atoms with van der Waals surface area (Å²) in [6.07, 6.45) is 3.95. The van der Waals surface area contributed by atoms with Crippen LogP contribution in [0.5, 0.6) is 0 Å². The van der Waals surface area contributed by atoms with E-state index in [-0.39, 0.29) is 5.82 Å². The summed E-state index contributed by atoms with van der Waals surface area (Å²) in [4.78, 5) is 15.9. The average molecular weight is 235 g/mol. The summed E-state index contributed by atoms with van der Waals surface area (Å²) >= 11 is 0. The average Bonchev–Trinajstić information content (AvgIpc) is 2.68. The van der Waals surface area contributed by atoms with Crippen LogP contribution in [0.3, 0.4) is 0 Å². The highest BCUT2D eigenvalue weighted by Gasteiger charge is 2.55. The zero-order valence-electron chi connectivity index (χ0n) is 10.2. The summed E-state index contributed by atoms with van der Waals surface area (Å²) in [6, 6.07) is 0. The minimum absolute atomic E-state index is 0.203. The van der Waals surface area contributed by atoms with Gasteiger partial charge in [-0.3, -0.25) is 4.68 Å². The van der Waals surface area contributed by atoms with E-state index in [1.807, 2.05) is 7.05 Å². The number of carbonyl (C=O) groups is 1. The van der Waals surface area contributed by atoms with E-state index in [9.17, 15) is 4.79 Å². The molecule has 0 radical (unpaired) electrons. The molecule has 2 atom stereocenters. The van der Waals surface area contributed by atoms with Crippen LogP contribution in [0.1, 0.15) is 48.5 Å². The highest BCUT2D eigenvalue weighted by molar-refractivity contribution is 5.85. The van der Waals surface area contributed by atoms with Gasteiger partial charge in [0.25, 0.3) is 5.82 Å². The minimum atomic E-state index is -0.417. The van der Waals surface area contributed by atoms with Gasteiger partial charge in [0.2, 0.25) is 0 Å². The van der Waals surface area contributed by atoms with Gasteiger partial charge in [0.1, 0.15) is 5.82 Å². The molecular formula is C12H17N3O2. The summed E-state index contributed by atoms with van der Waals surface area (Å²) < 4.78 is 6.66. The third-order valence-corrected chi connectivity index (χ3v) is 3.96. The molecule has 2 saturated carbocycles. The summed E-state index contributed by atoms with van der Waals surface area (Å²) in [5, 5.41) is 4.15. The lowest BCUT2D eigenvalue weighted by atomic mass is 10.1. The molecule has 2 aliphatic rings. The normalized spacial score (nSPS) is 30.1. The van der Waals surface area contributed by atoms with Gasteiger partial charge in [-0.2, -0.15) is 0 Å². The molecule has 1 heterocycles. The van der Waals surface area contributed by atoms with E-state index in [4.69, 9.17) is 4.74 Å². The van der Waals surface area contributed by atoms with Crippen molar-refractivity contribution in [2.24, 2.45) is 18.9 Å². The molecule has 1 aromatic heterocycles. The molecular weight excluding hydrogens is 218 g/mol. The molecule has 3 rings (SSSR count). The highest BCUT2D eigenvalue weighted by atomic mass is 16.5. The van der Waals surface area contributed by atoms with Gasteiger partial charge in [-0.05, 0) is 31.6 Å². The van der Waals surface area contributed by atoms with Crippen LogP contribution in [0.25, 0.3) is 0 Å². The third kappa shape index (κ3) is 1.64. The van der Waals surface area contributed by atoms with E-state index in [1.54, 1.807) is 11.6 Å². The third-order valence-electron chi connectivity index (χ3n) is 3.96. The van der Waals surface area contributed by atoms with Gasteiger partial charge >= 0.3 is 5.97 Å². The second-order valence-electron chi connectivity index (χ2n) is 4.92. The van der Waals surface area contributed by atoms with E-state index < -0.39 is 5.97 Å². The summed E-state index contributed by atoms with van der Waals surface area (Å²) in [5.41, 5.74) is 0. The maximum Gasteiger partial charge on any atom is 0.378 e. The predicted octanol–water partition coefficient (Wildman–Crippen LogP) is 1.51. The van der Waals surface area contributed by atoms with Crippen molar-refractivity contribution in [2.45, 2.75) is 32.1 Å². The Morgan fingerprint density at radius 1 is 1.47 bits per heavy atom. The largest absolute Gasteiger partial charge is 0.460 e. The van der Waals surface area contributed by atoms with Gasteiger partial charge in [-0.15, -0.1) is 5.10 Å². The summed E-state index contributed by atoms with van der Waals surface area (Å²) in [7, 11) is 1.86. The standard InChI is InChI=1S/C12H17N3O2/c1-3-17-12(16)10-13-11(15(2)14-10)9-7-5-4-6-8(7)9/h7-9H,3-6H2,1-2H3. The van der Waals surface area contributed by atoms with Crippen LogP contribution in [0.2, 0.25) is 0 Å². The second-order valence-corrected chi connectivity index (χ2v) is 4.92. The van der Waals surface area contributed by atoms with Crippen molar-refractivity contribution >= 4 is 5.97 Å². The van der Waals surface area contributed by atoms with E-state index in [1.165, 1.54) is 19.3 Å². The molecule has 0 saturated heterocycles. The van der Waals surface area contributed by atoms with Gasteiger partial charge in [0.15, 0.2) is 0 Å². The first-order chi connectivity index (χ1) is 8.22. The van der Waals surface area contributed by atoms with Gasteiger partial charge in [0, 0.05) is 13.0 Å². The zero-order chi connectivity index (χ0) is 12.0. The van der Waals surface area contributed by atoms with Crippen molar-refractivity contribution < 1.29 is 9.53 Å². The monoisotopic (exact) mass is 235 g/mol. The number of hydrogen-bond acceptors (Lipinski definition) is 4. The molecule has 2 aliphatic carbocycles. The Morgan fingerprint density at radius 3 is 2.82 bits per heavy atom. The number of aromatic nitrogens is 3. The maximum absolute atomic E-state index is 11.5. The molecule has 5 nitrogen and oxygen atoms in total. The Balaban J connectivity index is 1.80. The lowest BCUT2D eigenvalue weighted by Crippen LogP contribution is -2.07. The molecule has 0 spiro atoms. The van der Waals surface area contributed by atoms with E-state index in [0.29, 0.717) is 12.5 Å². The maximum atomic E-state index is 11.5. The topological polar surface area (TPSA) is 57.0 Å². The first-order valence-corrected chi connectivity index (χ1v) is 6.30. The van der Waals surface area contributed by atoms with Crippen LogP contribution >= 0.6 is 0 Å². The molecule has 0 N–H and O–H groups in total. The van der Waals surface area contributed by atoms with E-state index >= 15 is 0 Å². The van der Waals surface area contributed by atoms with Crippen molar-refractivity contribution in [2.75, 3.05) is 6.61 Å². The number of hydrogen-bond donors (Lipinski definition) is 0. The Morgan fingerprint density at radius 2 is 2.18 bits per heavy atom. The Hall–Kier alpha value is -1.39. The smallest absolute Gasteiger partial charge is 0.378 e. The summed E-state index contributed by atoms with van der Waals surface area (Å²) in [5.74, 6) is 2.85. The van der Waals surface area contributed by atoms with Crippen molar-refractivity contribution in [3.8, 4) is 0 Å². The molecule has 2 fully saturated rings. The molecule has 0 amide bonds. The van der Waals surface area contributed by atoms with Gasteiger partial charge in [-0.25, -0.2) is 9.78 Å². The number of aryl methyl sites for hydroxylation is 1. The van der Waals surface area contributed by atoms with Crippen LogP contribution in [0, 0.1) is 11.8 Å². The molecule has 5 heteroatoms. The molecule has 17 heavy (non-hydrogen) atoms. The molecule has 92 valence electrons. The number of esters is 1. The minimum Gasteiger partial charge on any atom is -0.460 e. The highest BCUT2D eigenvalue weighted by Crippen LogP contribution is 2.62. The van der Waals surface area contributed by atoms with E-state index in [2.05, 4.69) is 10.1 Å². The number of rotatable bonds is 3. The van der Waals surface area contributed by atoms with Gasteiger partial charge in [0.05, 0.1) is 6.61 Å². The second kappa shape index (κ2) is 3.82. The first-order valence-electron chi connectivity index (χ1n) is 6.30. The van der Waals surface area contributed by atoms with E-state index in [0.717, 1.165) is 17.7 Å². The Labute approximate surface area is 100 Å². The van der Waals surface area contributed by atoms with Crippen LogP contribution in [-0.4, -0.2) is 27.3 Å². The molecule has 2 unspecified atom stereocenters. The van der Waals surface area contributed by atoms with Crippen LogP contribution in [-0.2, 0) is 11.8 Å². The van der Waals surface area contributed by atoms with Crippen LogP contribution in [0.15, 0.2) is 0 Å². The van der Waals surface area contributed by atoms with Crippen molar-refractivity contribution in [3.63, 3.8) is 0 Å². The molecule has 1 aromatic rings. The quantitative estimate of drug-likeness (QED) is 0.745. The Bertz CT molecular complexity index is 445. The number of nitrogens with zero attached hydrogens (tertiary/aromatic N) is 3. The Kier molecular flexibility index (Phi) is 2.42. The van der Waals surface area contributed by atoms with Crippen LogP contribution < -0.4 is 0 Å². The SMILES string of the molecule is CCOC(=O)c1nc(C2C3CCCC32)n(C)n1. The lowest BCUT2D eigenvalue weighted by molar-refractivity contribution is 0.0512. The van der Waals surface area contributed by atoms with Crippen molar-refractivity contribution in [1.29, 1.82) is 0 Å². The van der Waals surface area contributed by atoms with Gasteiger partial charge < -0.3 is 4.74 Å². The lowest BCUT2D eigenvalue weighted by Gasteiger charge is -2.00. The molecule has 0 aliphatic heterocycles. The number of ether oxygens (including phenoxy) is 1. The van der Waals surface area contributed by atoms with Crippen molar-refractivity contribution in [3.05, 3.63) is 11.6 Å². The predicted molar refractivity (Wildman–Crippen MR) is 60.5 cm³/mol. The number of fused-ring (bicyclic) bond motifs is 1. The fourth-order valence-corrected chi connectivity index (χ4v) is 3.17. The summed E-state index contributed by atoms with van der Waals surface area (Å²) in [6.45, 7) is 2.15. The first kappa shape index (κ1) is 10.7. The number of carbonyl (C=O) groups excluding carboxylic acids is 1. The van der Waals surface area contributed by atoms with Crippen molar-refractivity contribution in [1.82, 2.24) is 14.8 Å². The zero-order valence-corrected chi connectivity index (χ0v) is 10.2.